The Morgan fingerprint density at radius 1 is 0.933 bits per heavy atom. The second kappa shape index (κ2) is 9.52. The molecule has 2 saturated heterocycles. The third-order valence-corrected chi connectivity index (χ3v) is 6.49. The number of anilines is 3. The van der Waals surface area contributed by atoms with Crippen LogP contribution < -0.4 is 15.5 Å². The summed E-state index contributed by atoms with van der Waals surface area (Å²) < 4.78 is 0. The van der Waals surface area contributed by atoms with Gasteiger partial charge in [0, 0.05) is 43.2 Å². The van der Waals surface area contributed by atoms with Crippen LogP contribution in [0.25, 0.3) is 0 Å². The van der Waals surface area contributed by atoms with Crippen molar-refractivity contribution in [2.75, 3.05) is 43.4 Å². The number of nitrogens with zero attached hydrogens (tertiary/aromatic N) is 2. The fourth-order valence-electron chi connectivity index (χ4n) is 4.38. The van der Waals surface area contributed by atoms with Gasteiger partial charge in [-0.1, -0.05) is 19.1 Å². The summed E-state index contributed by atoms with van der Waals surface area (Å²) in [4.78, 5) is 17.0. The molecule has 1 unspecified atom stereocenters. The summed E-state index contributed by atoms with van der Waals surface area (Å²) in [6.07, 6.45) is 3.52. The molecule has 160 valence electrons. The zero-order valence-corrected chi connectivity index (χ0v) is 18.2. The van der Waals surface area contributed by atoms with Gasteiger partial charge in [-0.15, -0.1) is 0 Å². The average molecular weight is 407 g/mol. The summed E-state index contributed by atoms with van der Waals surface area (Å²) in [5, 5.41) is 6.55. The Bertz CT molecular complexity index is 825. The molecule has 2 aliphatic heterocycles. The molecule has 2 N–H and O–H groups in total. The van der Waals surface area contributed by atoms with E-state index in [4.69, 9.17) is 0 Å². The molecule has 0 radical (unpaired) electrons. The van der Waals surface area contributed by atoms with E-state index in [2.05, 4.69) is 82.9 Å². The molecule has 2 aromatic carbocycles. The molecule has 1 atom stereocenters. The Hall–Kier alpha value is -2.53. The predicted octanol–water partition coefficient (Wildman–Crippen LogP) is 4.23. The van der Waals surface area contributed by atoms with Crippen LogP contribution >= 0.6 is 0 Å². The lowest BCUT2D eigenvalue weighted by Gasteiger charge is -2.32. The number of hydrogen-bond donors (Lipinski definition) is 2. The van der Waals surface area contributed by atoms with Crippen molar-refractivity contribution >= 4 is 23.0 Å². The highest BCUT2D eigenvalue weighted by atomic mass is 16.1. The Balaban J connectivity index is 1.26. The van der Waals surface area contributed by atoms with Gasteiger partial charge >= 0.3 is 0 Å². The molecular weight excluding hydrogens is 372 g/mol. The summed E-state index contributed by atoms with van der Waals surface area (Å²) >= 11 is 0. The van der Waals surface area contributed by atoms with Gasteiger partial charge < -0.3 is 20.4 Å². The number of likely N-dealkylation sites (tertiary alicyclic amines) is 1. The minimum absolute atomic E-state index is 0.132. The Morgan fingerprint density at radius 2 is 1.57 bits per heavy atom. The minimum Gasteiger partial charge on any atom is -0.372 e. The topological polar surface area (TPSA) is 47.6 Å². The Morgan fingerprint density at radius 3 is 2.17 bits per heavy atom. The van der Waals surface area contributed by atoms with Crippen LogP contribution in [-0.2, 0) is 11.3 Å². The molecule has 5 nitrogen and oxygen atoms in total. The Kier molecular flexibility index (Phi) is 6.58. The van der Waals surface area contributed by atoms with Crippen molar-refractivity contribution in [1.29, 1.82) is 0 Å². The first-order chi connectivity index (χ1) is 14.6. The van der Waals surface area contributed by atoms with Crippen LogP contribution in [0.2, 0.25) is 0 Å². The first kappa shape index (κ1) is 20.7. The second-order valence-corrected chi connectivity index (χ2v) is 9.00. The quantitative estimate of drug-likeness (QED) is 0.754. The lowest BCUT2D eigenvalue weighted by molar-refractivity contribution is -0.124. The van der Waals surface area contributed by atoms with Crippen molar-refractivity contribution in [3.8, 4) is 0 Å². The van der Waals surface area contributed by atoms with Gasteiger partial charge in [0.25, 0.3) is 0 Å². The van der Waals surface area contributed by atoms with Gasteiger partial charge in [0.1, 0.15) is 0 Å². The van der Waals surface area contributed by atoms with Crippen molar-refractivity contribution in [3.63, 3.8) is 0 Å². The highest BCUT2D eigenvalue weighted by molar-refractivity contribution is 5.79. The largest absolute Gasteiger partial charge is 0.372 e. The molecule has 5 heteroatoms. The number of hydrogen-bond acceptors (Lipinski definition) is 4. The number of rotatable bonds is 6. The molecule has 0 saturated carbocycles. The van der Waals surface area contributed by atoms with E-state index in [1.807, 2.05) is 0 Å². The van der Waals surface area contributed by atoms with Crippen LogP contribution in [-0.4, -0.2) is 44.0 Å². The maximum Gasteiger partial charge on any atom is 0.224 e. The van der Waals surface area contributed by atoms with Crippen LogP contribution in [0.1, 0.15) is 31.7 Å². The third kappa shape index (κ3) is 5.33. The van der Waals surface area contributed by atoms with Crippen LogP contribution in [0.15, 0.2) is 48.5 Å². The van der Waals surface area contributed by atoms with E-state index < -0.39 is 0 Å². The maximum atomic E-state index is 12.3. The number of carbonyl (C=O) groups is 1. The van der Waals surface area contributed by atoms with Gasteiger partial charge in [0.2, 0.25) is 5.91 Å². The van der Waals surface area contributed by atoms with E-state index in [-0.39, 0.29) is 11.8 Å². The monoisotopic (exact) mass is 406 g/mol. The van der Waals surface area contributed by atoms with Gasteiger partial charge in [-0.2, -0.15) is 0 Å². The number of nitrogens with one attached hydrogen (secondary N) is 2. The van der Waals surface area contributed by atoms with Gasteiger partial charge in [0.15, 0.2) is 0 Å². The second-order valence-electron chi connectivity index (χ2n) is 9.00. The molecule has 0 aliphatic carbocycles. The van der Waals surface area contributed by atoms with E-state index in [0.29, 0.717) is 6.54 Å². The maximum absolute atomic E-state index is 12.3. The zero-order chi connectivity index (χ0) is 20.9. The van der Waals surface area contributed by atoms with Crippen molar-refractivity contribution in [2.24, 2.45) is 11.8 Å². The predicted molar refractivity (Wildman–Crippen MR) is 124 cm³/mol. The molecule has 2 aromatic rings. The number of carbonyl (C=O) groups excluding carboxylic acids is 1. The first-order valence-corrected chi connectivity index (χ1v) is 11.2. The van der Waals surface area contributed by atoms with E-state index in [0.717, 1.165) is 55.5 Å². The number of amides is 1. The summed E-state index contributed by atoms with van der Waals surface area (Å²) in [5.74, 6) is 1.15. The van der Waals surface area contributed by atoms with Crippen LogP contribution in [0.3, 0.4) is 0 Å². The lowest BCUT2D eigenvalue weighted by Crippen LogP contribution is -2.32. The third-order valence-electron chi connectivity index (χ3n) is 6.49. The molecule has 0 bridgehead atoms. The molecule has 2 aliphatic rings. The normalized spacial score (nSPS) is 20.3. The molecule has 30 heavy (non-hydrogen) atoms. The molecule has 2 fully saturated rings. The van der Waals surface area contributed by atoms with Gasteiger partial charge in [-0.05, 0) is 80.7 Å². The summed E-state index contributed by atoms with van der Waals surface area (Å²) in [6.45, 7) is 7.12. The molecule has 1 amide bonds. The lowest BCUT2D eigenvalue weighted by atomic mass is 9.99. The fourth-order valence-corrected chi connectivity index (χ4v) is 4.38. The van der Waals surface area contributed by atoms with Crippen LogP contribution in [0.4, 0.5) is 17.1 Å². The SMILES string of the molecule is CC1CCN(c2ccc(Nc3ccc(CNC(=O)C4CCN(C)C4)cc3)cc2)CC1. The molecule has 4 rings (SSSR count). The highest BCUT2D eigenvalue weighted by Gasteiger charge is 2.25. The zero-order valence-electron chi connectivity index (χ0n) is 18.2. The van der Waals surface area contributed by atoms with E-state index in [9.17, 15) is 4.79 Å². The standard InChI is InChI=1S/C25H34N4O/c1-19-11-15-29(16-12-19)24-9-7-23(8-10-24)27-22-5-3-20(4-6-22)17-26-25(30)21-13-14-28(2)18-21/h3-10,19,21,27H,11-18H2,1-2H3,(H,26,30). The molecule has 2 heterocycles. The summed E-state index contributed by atoms with van der Waals surface area (Å²) in [5.41, 5.74) is 4.58. The number of benzene rings is 2. The highest BCUT2D eigenvalue weighted by Crippen LogP contribution is 2.25. The molecule has 0 spiro atoms. The minimum atomic E-state index is 0.132. The van der Waals surface area contributed by atoms with Crippen molar-refractivity contribution in [2.45, 2.75) is 32.7 Å². The van der Waals surface area contributed by atoms with Crippen molar-refractivity contribution < 1.29 is 4.79 Å². The van der Waals surface area contributed by atoms with Gasteiger partial charge in [-0.25, -0.2) is 0 Å². The molecule has 0 aromatic heterocycles. The summed E-state index contributed by atoms with van der Waals surface area (Å²) in [7, 11) is 2.07. The van der Waals surface area contributed by atoms with E-state index in [1.54, 1.807) is 0 Å². The van der Waals surface area contributed by atoms with Crippen LogP contribution in [0.5, 0.6) is 0 Å². The van der Waals surface area contributed by atoms with Crippen molar-refractivity contribution in [1.82, 2.24) is 10.2 Å². The smallest absolute Gasteiger partial charge is 0.224 e. The number of piperidine rings is 1. The average Bonchev–Trinajstić information content (AvgIpc) is 3.21. The fraction of sp³-hybridized carbons (Fsp3) is 0.480. The first-order valence-electron chi connectivity index (χ1n) is 11.2. The molecular formula is C25H34N4O. The van der Waals surface area contributed by atoms with Gasteiger partial charge in [-0.3, -0.25) is 4.79 Å². The van der Waals surface area contributed by atoms with Crippen LogP contribution in [0, 0.1) is 11.8 Å². The van der Waals surface area contributed by atoms with E-state index >= 15 is 0 Å². The Labute approximate surface area is 180 Å². The van der Waals surface area contributed by atoms with Gasteiger partial charge in [0.05, 0.1) is 5.92 Å². The van der Waals surface area contributed by atoms with E-state index in [1.165, 1.54) is 18.5 Å². The summed E-state index contributed by atoms with van der Waals surface area (Å²) in [6, 6.07) is 17.0. The van der Waals surface area contributed by atoms with Crippen molar-refractivity contribution in [3.05, 3.63) is 54.1 Å².